The van der Waals surface area contributed by atoms with Crippen LogP contribution < -0.4 is 4.74 Å². The summed E-state index contributed by atoms with van der Waals surface area (Å²) < 4.78 is 25.4. The normalized spacial score (nSPS) is 21.0. The van der Waals surface area contributed by atoms with Gasteiger partial charge in [-0.2, -0.15) is 0 Å². The summed E-state index contributed by atoms with van der Waals surface area (Å²) in [6.07, 6.45) is 6.86. The lowest BCUT2D eigenvalue weighted by Gasteiger charge is -2.43. The Hall–Kier alpha value is -3.00. The summed E-state index contributed by atoms with van der Waals surface area (Å²) in [6, 6.07) is 9.42. The summed E-state index contributed by atoms with van der Waals surface area (Å²) in [5, 5.41) is 0. The van der Waals surface area contributed by atoms with Crippen LogP contribution in [0, 0.1) is 5.82 Å². The predicted octanol–water partition coefficient (Wildman–Crippen LogP) is 2.84. The van der Waals surface area contributed by atoms with E-state index in [0.717, 1.165) is 37.9 Å². The van der Waals surface area contributed by atoms with Gasteiger partial charge in [0.2, 0.25) is 11.8 Å². The van der Waals surface area contributed by atoms with Crippen LogP contribution in [0.3, 0.4) is 0 Å². The maximum Gasteiger partial charge on any atom is 0.227 e. The fourth-order valence-electron chi connectivity index (χ4n) is 4.37. The van der Waals surface area contributed by atoms with Crippen molar-refractivity contribution < 1.29 is 23.5 Å². The molecule has 0 N–H and O–H groups in total. The van der Waals surface area contributed by atoms with Crippen molar-refractivity contribution in [2.75, 3.05) is 39.4 Å². The van der Waals surface area contributed by atoms with Crippen LogP contribution in [0.25, 0.3) is 0 Å². The predicted molar refractivity (Wildman–Crippen MR) is 120 cm³/mol. The highest BCUT2D eigenvalue weighted by Crippen LogP contribution is 2.27. The molecule has 0 aliphatic carbocycles. The van der Waals surface area contributed by atoms with Crippen LogP contribution in [0.4, 0.5) is 4.39 Å². The first-order chi connectivity index (χ1) is 16.0. The smallest absolute Gasteiger partial charge is 0.227 e. The molecule has 2 fully saturated rings. The first-order valence-electron chi connectivity index (χ1n) is 11.5. The molecule has 7 nitrogen and oxygen atoms in total. The molecule has 1 unspecified atom stereocenters. The van der Waals surface area contributed by atoms with Crippen molar-refractivity contribution in [3.8, 4) is 5.75 Å². The zero-order valence-corrected chi connectivity index (χ0v) is 18.7. The van der Waals surface area contributed by atoms with Gasteiger partial charge in [-0.25, -0.2) is 4.39 Å². The van der Waals surface area contributed by atoms with E-state index in [1.807, 2.05) is 11.0 Å². The van der Waals surface area contributed by atoms with E-state index in [0.29, 0.717) is 18.9 Å². The molecule has 2 amide bonds. The highest BCUT2D eigenvalue weighted by molar-refractivity contribution is 5.80. The number of carbonyl (C=O) groups is 2. The molecule has 176 valence electrons. The molecule has 0 radical (unpaired) electrons. The van der Waals surface area contributed by atoms with Crippen molar-refractivity contribution in [2.45, 2.75) is 37.7 Å². The third-order valence-corrected chi connectivity index (χ3v) is 6.18. The number of benzene rings is 1. The standard InChI is InChI=1S/C25H30FN3O4/c26-21-6-8-22(9-7-21)32-19-25(16-24(31)28-11-2-1-3-12-28)18-29(13-14-33-25)23(30)15-20-5-4-10-27-17-20/h4-10,17H,1-3,11-16,18-19H2. The summed E-state index contributed by atoms with van der Waals surface area (Å²) in [5.74, 6) is 0.115. The minimum Gasteiger partial charge on any atom is -0.490 e. The minimum absolute atomic E-state index is 0.0129. The molecule has 2 aliphatic rings. The van der Waals surface area contributed by atoms with Crippen LogP contribution in [0.5, 0.6) is 5.75 Å². The number of amides is 2. The third-order valence-electron chi connectivity index (χ3n) is 6.18. The molecule has 0 saturated carbocycles. The zero-order valence-electron chi connectivity index (χ0n) is 18.7. The number of carbonyl (C=O) groups excluding carboxylic acids is 2. The summed E-state index contributed by atoms with van der Waals surface area (Å²) in [4.78, 5) is 33.8. The Kier molecular flexibility index (Phi) is 7.54. The van der Waals surface area contributed by atoms with Crippen molar-refractivity contribution in [3.63, 3.8) is 0 Å². The number of aromatic nitrogens is 1. The number of piperidine rings is 1. The quantitative estimate of drug-likeness (QED) is 0.642. The van der Waals surface area contributed by atoms with Gasteiger partial charge >= 0.3 is 0 Å². The zero-order chi connectivity index (χ0) is 23.1. The van der Waals surface area contributed by atoms with Gasteiger partial charge in [0.15, 0.2) is 0 Å². The topological polar surface area (TPSA) is 72.0 Å². The fourth-order valence-corrected chi connectivity index (χ4v) is 4.37. The molecule has 1 aromatic carbocycles. The molecular weight excluding hydrogens is 425 g/mol. The average Bonchev–Trinajstić information content (AvgIpc) is 2.85. The molecule has 1 aromatic heterocycles. The highest BCUT2D eigenvalue weighted by atomic mass is 19.1. The maximum absolute atomic E-state index is 13.3. The van der Waals surface area contributed by atoms with E-state index in [1.165, 1.54) is 12.1 Å². The van der Waals surface area contributed by atoms with Gasteiger partial charge in [-0.3, -0.25) is 14.6 Å². The molecular formula is C25H30FN3O4. The molecule has 8 heteroatoms. The molecule has 33 heavy (non-hydrogen) atoms. The molecule has 4 rings (SSSR count). The Morgan fingerprint density at radius 1 is 1.03 bits per heavy atom. The third kappa shape index (κ3) is 6.28. The lowest BCUT2D eigenvalue weighted by Crippen LogP contribution is -2.58. The first-order valence-corrected chi connectivity index (χ1v) is 11.5. The number of rotatable bonds is 7. The minimum atomic E-state index is -0.967. The number of hydrogen-bond acceptors (Lipinski definition) is 5. The molecule has 2 aliphatic heterocycles. The van der Waals surface area contributed by atoms with Crippen molar-refractivity contribution in [1.29, 1.82) is 0 Å². The highest BCUT2D eigenvalue weighted by Gasteiger charge is 2.42. The molecule has 1 atom stereocenters. The molecule has 2 saturated heterocycles. The van der Waals surface area contributed by atoms with Crippen LogP contribution in [0.1, 0.15) is 31.2 Å². The van der Waals surface area contributed by atoms with Gasteiger partial charge < -0.3 is 19.3 Å². The van der Waals surface area contributed by atoms with E-state index in [-0.39, 0.29) is 43.6 Å². The van der Waals surface area contributed by atoms with E-state index in [9.17, 15) is 14.0 Å². The Balaban J connectivity index is 1.48. The van der Waals surface area contributed by atoms with Crippen molar-refractivity contribution >= 4 is 11.8 Å². The van der Waals surface area contributed by atoms with Crippen LogP contribution in [-0.4, -0.2) is 71.6 Å². The van der Waals surface area contributed by atoms with E-state index in [2.05, 4.69) is 4.98 Å². The van der Waals surface area contributed by atoms with Crippen molar-refractivity contribution in [2.24, 2.45) is 0 Å². The molecule has 3 heterocycles. The second-order valence-corrected chi connectivity index (χ2v) is 8.75. The Morgan fingerprint density at radius 3 is 2.55 bits per heavy atom. The summed E-state index contributed by atoms with van der Waals surface area (Å²) in [6.45, 7) is 2.62. The lowest BCUT2D eigenvalue weighted by atomic mass is 9.95. The lowest BCUT2D eigenvalue weighted by molar-refractivity contribution is -0.166. The Labute approximate surface area is 193 Å². The van der Waals surface area contributed by atoms with Gasteiger partial charge in [-0.05, 0) is 55.2 Å². The van der Waals surface area contributed by atoms with Crippen LogP contribution >= 0.6 is 0 Å². The fraction of sp³-hybridized carbons (Fsp3) is 0.480. The second kappa shape index (κ2) is 10.7. The van der Waals surface area contributed by atoms with E-state index < -0.39 is 5.60 Å². The van der Waals surface area contributed by atoms with Crippen LogP contribution in [0.15, 0.2) is 48.8 Å². The van der Waals surface area contributed by atoms with Gasteiger partial charge in [0.05, 0.1) is 26.0 Å². The van der Waals surface area contributed by atoms with Gasteiger partial charge in [0, 0.05) is 32.0 Å². The molecule has 0 spiro atoms. The number of likely N-dealkylation sites (tertiary alicyclic amines) is 1. The van der Waals surface area contributed by atoms with E-state index in [1.54, 1.807) is 35.5 Å². The monoisotopic (exact) mass is 455 g/mol. The summed E-state index contributed by atoms with van der Waals surface area (Å²) in [5.41, 5.74) is -0.127. The van der Waals surface area contributed by atoms with E-state index >= 15 is 0 Å². The van der Waals surface area contributed by atoms with Gasteiger partial charge in [-0.15, -0.1) is 0 Å². The van der Waals surface area contributed by atoms with Gasteiger partial charge in [0.25, 0.3) is 0 Å². The van der Waals surface area contributed by atoms with Crippen molar-refractivity contribution in [3.05, 3.63) is 60.2 Å². The number of morpholine rings is 1. The van der Waals surface area contributed by atoms with Crippen molar-refractivity contribution in [1.82, 2.24) is 14.8 Å². The van der Waals surface area contributed by atoms with Crippen LogP contribution in [0.2, 0.25) is 0 Å². The van der Waals surface area contributed by atoms with Crippen LogP contribution in [-0.2, 0) is 20.7 Å². The maximum atomic E-state index is 13.3. The molecule has 2 aromatic rings. The summed E-state index contributed by atoms with van der Waals surface area (Å²) >= 11 is 0. The SMILES string of the molecule is O=C(CC1(COc2ccc(F)cc2)CN(C(=O)Cc2cccnc2)CCO1)N1CCCCC1. The van der Waals surface area contributed by atoms with Gasteiger partial charge in [0.1, 0.15) is 23.8 Å². The summed E-state index contributed by atoms with van der Waals surface area (Å²) in [7, 11) is 0. The number of hydrogen-bond donors (Lipinski definition) is 0. The van der Waals surface area contributed by atoms with E-state index in [4.69, 9.17) is 9.47 Å². The number of nitrogens with zero attached hydrogens (tertiary/aromatic N) is 3. The second-order valence-electron chi connectivity index (χ2n) is 8.75. The Morgan fingerprint density at radius 2 is 1.82 bits per heavy atom. The number of ether oxygens (including phenoxy) is 2. The number of pyridine rings is 1. The first kappa shape index (κ1) is 23.2. The Bertz CT molecular complexity index is 934. The van der Waals surface area contributed by atoms with Gasteiger partial charge in [-0.1, -0.05) is 6.07 Å². The average molecular weight is 456 g/mol. The number of halogens is 1. The largest absolute Gasteiger partial charge is 0.490 e. The molecule has 0 bridgehead atoms.